The third-order valence-electron chi connectivity index (χ3n) is 14.3. The first-order chi connectivity index (χ1) is 41.0. The summed E-state index contributed by atoms with van der Waals surface area (Å²) in [5.41, 5.74) is 0. The van der Waals surface area contributed by atoms with Crippen LogP contribution in [0.5, 0.6) is 0 Å². The van der Waals surface area contributed by atoms with E-state index in [1.165, 1.54) is 116 Å². The molecule has 0 spiro atoms. The zero-order valence-electron chi connectivity index (χ0n) is 53.9. The maximum Gasteiger partial charge on any atom is 0.306 e. The zero-order valence-corrected chi connectivity index (χ0v) is 53.9. The Morgan fingerprint density at radius 1 is 0.253 bits per heavy atom. The molecule has 6 nitrogen and oxygen atoms in total. The Morgan fingerprint density at radius 3 is 0.759 bits per heavy atom. The van der Waals surface area contributed by atoms with E-state index in [0.717, 1.165) is 141 Å². The monoisotopic (exact) mass is 1150 g/mol. The molecule has 0 saturated heterocycles. The highest BCUT2D eigenvalue weighted by Gasteiger charge is 2.19. The van der Waals surface area contributed by atoms with E-state index in [2.05, 4.69) is 167 Å². The first kappa shape index (κ1) is 78.3. The minimum absolute atomic E-state index is 0.108. The van der Waals surface area contributed by atoms with Gasteiger partial charge in [-0.05, 0) is 122 Å². The maximum atomic E-state index is 13.0. The molecule has 0 heterocycles. The third kappa shape index (κ3) is 68.0. The van der Waals surface area contributed by atoms with Gasteiger partial charge in [-0.25, -0.2) is 0 Å². The lowest BCUT2D eigenvalue weighted by Crippen LogP contribution is -2.30. The van der Waals surface area contributed by atoms with E-state index in [0.29, 0.717) is 25.7 Å². The van der Waals surface area contributed by atoms with Gasteiger partial charge in [0.1, 0.15) is 13.2 Å². The number of carbonyl (C=O) groups is 3. The molecule has 6 heteroatoms. The first-order valence-electron chi connectivity index (χ1n) is 34.3. The van der Waals surface area contributed by atoms with E-state index in [4.69, 9.17) is 14.2 Å². The molecule has 0 aromatic heterocycles. The van der Waals surface area contributed by atoms with Gasteiger partial charge in [0.05, 0.1) is 0 Å². The van der Waals surface area contributed by atoms with Crippen molar-refractivity contribution in [1.82, 2.24) is 0 Å². The van der Waals surface area contributed by atoms with E-state index in [1.807, 2.05) is 0 Å². The molecule has 0 aliphatic carbocycles. The van der Waals surface area contributed by atoms with Gasteiger partial charge in [0, 0.05) is 19.3 Å². The lowest BCUT2D eigenvalue weighted by Gasteiger charge is -2.18. The lowest BCUT2D eigenvalue weighted by atomic mass is 10.0. The molecular formula is C77H126O6. The van der Waals surface area contributed by atoms with Crippen molar-refractivity contribution in [2.45, 2.75) is 309 Å². The van der Waals surface area contributed by atoms with Crippen molar-refractivity contribution < 1.29 is 28.6 Å². The van der Waals surface area contributed by atoms with Crippen LogP contribution in [-0.4, -0.2) is 37.2 Å². The highest BCUT2D eigenvalue weighted by atomic mass is 16.6. The minimum atomic E-state index is -0.813. The van der Waals surface area contributed by atoms with Crippen molar-refractivity contribution >= 4 is 17.9 Å². The van der Waals surface area contributed by atoms with Gasteiger partial charge < -0.3 is 14.2 Å². The van der Waals surface area contributed by atoms with Gasteiger partial charge in [0.2, 0.25) is 0 Å². The zero-order chi connectivity index (χ0) is 59.9. The van der Waals surface area contributed by atoms with Gasteiger partial charge in [-0.2, -0.15) is 0 Å². The summed E-state index contributed by atoms with van der Waals surface area (Å²) < 4.78 is 16.9. The van der Waals surface area contributed by atoms with Crippen LogP contribution in [0.15, 0.2) is 146 Å². The molecule has 0 bridgehead atoms. The van der Waals surface area contributed by atoms with Crippen LogP contribution in [0.2, 0.25) is 0 Å². The molecule has 83 heavy (non-hydrogen) atoms. The predicted molar refractivity (Wildman–Crippen MR) is 362 cm³/mol. The van der Waals surface area contributed by atoms with Crippen molar-refractivity contribution in [3.8, 4) is 0 Å². The summed E-state index contributed by atoms with van der Waals surface area (Å²) in [6.45, 7) is 6.38. The van der Waals surface area contributed by atoms with Crippen LogP contribution in [0, 0.1) is 0 Å². The van der Waals surface area contributed by atoms with Gasteiger partial charge in [0.25, 0.3) is 0 Å². The summed E-state index contributed by atoms with van der Waals surface area (Å²) in [5, 5.41) is 0. The molecule has 0 N–H and O–H groups in total. The number of rotatable bonds is 61. The molecule has 0 rings (SSSR count). The fraction of sp³-hybridized carbons (Fsp3) is 0.649. The SMILES string of the molecule is CC/C=C\C/C=C\C/C=C\C/C=C\C/C=C\C/C=C\C/C=C\C/C=C\CCCCC(=O)OCC(COC(=O)CCCCCC/C=C\C/C=C\C/C=C\C/C=C\CC)OC(=O)CCCCCCCCCCCCCCCCCCCCCCC. The van der Waals surface area contributed by atoms with Crippen LogP contribution in [0.25, 0.3) is 0 Å². The number of allylic oxidation sites excluding steroid dienone is 24. The minimum Gasteiger partial charge on any atom is -0.462 e. The number of ether oxygens (including phenoxy) is 3. The van der Waals surface area contributed by atoms with Crippen LogP contribution in [0.4, 0.5) is 0 Å². The van der Waals surface area contributed by atoms with Crippen LogP contribution >= 0.6 is 0 Å². The van der Waals surface area contributed by atoms with E-state index >= 15 is 0 Å². The third-order valence-corrected chi connectivity index (χ3v) is 14.3. The van der Waals surface area contributed by atoms with E-state index in [1.54, 1.807) is 0 Å². The molecule has 1 atom stereocenters. The Hall–Kier alpha value is -4.71. The fourth-order valence-corrected chi connectivity index (χ4v) is 9.27. The van der Waals surface area contributed by atoms with Crippen LogP contribution < -0.4 is 0 Å². The summed E-state index contributed by atoms with van der Waals surface area (Å²) >= 11 is 0. The maximum absolute atomic E-state index is 13.0. The molecule has 0 aliphatic heterocycles. The smallest absolute Gasteiger partial charge is 0.306 e. The molecule has 0 amide bonds. The van der Waals surface area contributed by atoms with E-state index in [-0.39, 0.29) is 31.1 Å². The Kier molecular flexibility index (Phi) is 65.8. The van der Waals surface area contributed by atoms with Crippen LogP contribution in [-0.2, 0) is 28.6 Å². The average molecular weight is 1150 g/mol. The van der Waals surface area contributed by atoms with Crippen LogP contribution in [0.1, 0.15) is 303 Å². The lowest BCUT2D eigenvalue weighted by molar-refractivity contribution is -0.167. The topological polar surface area (TPSA) is 78.9 Å². The molecule has 470 valence electrons. The molecule has 1 unspecified atom stereocenters. The summed E-state index contributed by atoms with van der Waals surface area (Å²) in [4.78, 5) is 38.4. The summed E-state index contributed by atoms with van der Waals surface area (Å²) in [6.07, 6.45) is 100. The Bertz CT molecular complexity index is 1800. The van der Waals surface area contributed by atoms with Crippen molar-refractivity contribution in [1.29, 1.82) is 0 Å². The highest BCUT2D eigenvalue weighted by molar-refractivity contribution is 5.71. The summed E-state index contributed by atoms with van der Waals surface area (Å²) in [7, 11) is 0. The standard InChI is InChI=1S/C77H126O6/c1-4-7-10-13-16-19-22-25-28-31-33-35-36-37-38-39-40-42-43-46-49-52-55-58-61-64-67-70-76(79)82-73-74(72-81-75(78)69-66-63-60-57-54-51-48-45-30-27-24-21-18-15-12-9-6-3)83-77(80)71-68-65-62-59-56-53-50-47-44-41-34-32-29-26-23-20-17-14-11-8-5-2/h7,9-10,12,16,18-19,21,25,27-28,30,33,35,37-38,40,42,46,48-49,51,55,58,74H,4-6,8,11,13-15,17,20,22-24,26,29,31-32,34,36,39,41,43-45,47,50,52-54,56-57,59-73H2,1-3H3/b10-7-,12-9-,19-16-,21-18-,28-25-,30-27-,35-33-,38-37-,42-40-,49-46-,51-48-,58-55-. The molecule has 0 aliphatic rings. The quantitative estimate of drug-likeness (QED) is 0.0261. The molecule has 0 saturated carbocycles. The van der Waals surface area contributed by atoms with Crippen molar-refractivity contribution in [2.24, 2.45) is 0 Å². The number of hydrogen-bond acceptors (Lipinski definition) is 6. The van der Waals surface area contributed by atoms with Crippen molar-refractivity contribution in [2.75, 3.05) is 13.2 Å². The van der Waals surface area contributed by atoms with Gasteiger partial charge >= 0.3 is 17.9 Å². The second-order valence-electron chi connectivity index (χ2n) is 22.3. The number of hydrogen-bond donors (Lipinski definition) is 0. The summed E-state index contributed by atoms with van der Waals surface area (Å²) in [5.74, 6) is -0.967. The number of esters is 3. The largest absolute Gasteiger partial charge is 0.462 e. The van der Waals surface area contributed by atoms with Crippen molar-refractivity contribution in [3.05, 3.63) is 146 Å². The average Bonchev–Trinajstić information content (AvgIpc) is 3.49. The second-order valence-corrected chi connectivity index (χ2v) is 22.3. The predicted octanol–water partition coefficient (Wildman–Crippen LogP) is 23.9. The van der Waals surface area contributed by atoms with Gasteiger partial charge in [0.15, 0.2) is 6.10 Å². The fourth-order valence-electron chi connectivity index (χ4n) is 9.27. The number of carbonyl (C=O) groups excluding carboxylic acids is 3. The normalized spacial score (nSPS) is 13.0. The van der Waals surface area contributed by atoms with Gasteiger partial charge in [-0.3, -0.25) is 14.4 Å². The van der Waals surface area contributed by atoms with Gasteiger partial charge in [-0.1, -0.05) is 308 Å². The van der Waals surface area contributed by atoms with E-state index < -0.39 is 6.10 Å². The van der Waals surface area contributed by atoms with Gasteiger partial charge in [-0.15, -0.1) is 0 Å². The molecular weight excluding hydrogens is 1020 g/mol. The Labute approximate surface area is 512 Å². The number of unbranched alkanes of at least 4 members (excludes halogenated alkanes) is 26. The molecule has 0 fully saturated rings. The Balaban J connectivity index is 4.49. The molecule has 0 radical (unpaired) electrons. The van der Waals surface area contributed by atoms with Crippen LogP contribution in [0.3, 0.4) is 0 Å². The Morgan fingerprint density at radius 2 is 0.470 bits per heavy atom. The van der Waals surface area contributed by atoms with Crippen molar-refractivity contribution in [3.63, 3.8) is 0 Å². The molecule has 0 aromatic rings. The summed E-state index contributed by atoms with van der Waals surface area (Å²) in [6, 6.07) is 0. The first-order valence-corrected chi connectivity index (χ1v) is 34.3. The molecule has 0 aromatic carbocycles. The second kappa shape index (κ2) is 69.8. The van der Waals surface area contributed by atoms with E-state index in [9.17, 15) is 14.4 Å². The highest BCUT2D eigenvalue weighted by Crippen LogP contribution is 2.17.